The summed E-state index contributed by atoms with van der Waals surface area (Å²) in [6.45, 7) is 0. The van der Waals surface area contributed by atoms with Crippen LogP contribution in [-0.4, -0.2) is 21.4 Å². The Hall–Kier alpha value is -2.60. The number of halogens is 1. The van der Waals surface area contributed by atoms with Gasteiger partial charge >= 0.3 is 0 Å². The van der Waals surface area contributed by atoms with Crippen LogP contribution in [0.25, 0.3) is 16.6 Å². The number of carbonyl (C=O) groups is 1. The molecule has 0 radical (unpaired) electrons. The van der Waals surface area contributed by atoms with Crippen LogP contribution < -0.4 is 5.73 Å². The molecule has 25 heavy (non-hydrogen) atoms. The predicted molar refractivity (Wildman–Crippen MR) is 101 cm³/mol. The van der Waals surface area contributed by atoms with E-state index in [2.05, 4.69) is 31.7 Å². The van der Waals surface area contributed by atoms with Crippen LogP contribution in [0, 0.1) is 0 Å². The Morgan fingerprint density at radius 3 is 2.72 bits per heavy atom. The summed E-state index contributed by atoms with van der Waals surface area (Å²) < 4.78 is 2.96. The van der Waals surface area contributed by atoms with Gasteiger partial charge in [-0.2, -0.15) is 0 Å². The second-order valence-corrected chi connectivity index (χ2v) is 6.96. The van der Waals surface area contributed by atoms with Crippen molar-refractivity contribution in [3.8, 4) is 5.69 Å². The van der Waals surface area contributed by atoms with Gasteiger partial charge in [0, 0.05) is 26.7 Å². The molecule has 1 amide bonds. The van der Waals surface area contributed by atoms with E-state index in [1.165, 1.54) is 0 Å². The molecule has 0 saturated heterocycles. The third-order valence-electron chi connectivity index (χ3n) is 4.68. The minimum Gasteiger partial charge on any atom is -0.411 e. The Kier molecular flexibility index (Phi) is 3.84. The van der Waals surface area contributed by atoms with Crippen molar-refractivity contribution in [1.29, 1.82) is 0 Å². The predicted octanol–water partition coefficient (Wildman–Crippen LogP) is 4.01. The number of hydrogen-bond donors (Lipinski definition) is 2. The number of nitrogens with two attached hydrogens (primary N) is 1. The molecule has 0 fully saturated rings. The summed E-state index contributed by atoms with van der Waals surface area (Å²) in [6, 6.07) is 13.4. The summed E-state index contributed by atoms with van der Waals surface area (Å²) in [7, 11) is 0. The number of rotatable bonds is 2. The third-order valence-corrected chi connectivity index (χ3v) is 5.32. The molecular formula is C19H16BrN3O2. The summed E-state index contributed by atoms with van der Waals surface area (Å²) >= 11 is 3.57. The highest BCUT2D eigenvalue weighted by Crippen LogP contribution is 2.36. The van der Waals surface area contributed by atoms with E-state index in [9.17, 15) is 10.0 Å². The maximum atomic E-state index is 11.4. The number of para-hydroxylation sites is 1. The molecule has 0 spiro atoms. The molecule has 3 N–H and O–H groups in total. The molecule has 4 rings (SSSR count). The van der Waals surface area contributed by atoms with E-state index in [1.54, 1.807) is 12.1 Å². The van der Waals surface area contributed by atoms with Gasteiger partial charge in [0.05, 0.1) is 16.9 Å². The Bertz CT molecular complexity index is 1040. The lowest BCUT2D eigenvalue weighted by molar-refractivity contribution is 0.1000. The first-order valence-electron chi connectivity index (χ1n) is 8.05. The van der Waals surface area contributed by atoms with Crippen LogP contribution in [0.5, 0.6) is 0 Å². The average molecular weight is 398 g/mol. The van der Waals surface area contributed by atoms with E-state index in [1.807, 2.05) is 24.3 Å². The smallest absolute Gasteiger partial charge is 0.248 e. The number of amides is 1. The average Bonchev–Trinajstić information content (AvgIpc) is 2.96. The zero-order chi connectivity index (χ0) is 17.6. The van der Waals surface area contributed by atoms with E-state index in [-0.39, 0.29) is 0 Å². The van der Waals surface area contributed by atoms with E-state index >= 15 is 0 Å². The summed E-state index contributed by atoms with van der Waals surface area (Å²) in [6.07, 6.45) is 2.59. The number of oxime groups is 1. The summed E-state index contributed by atoms with van der Waals surface area (Å²) in [5, 5.41) is 14.0. The van der Waals surface area contributed by atoms with E-state index in [0.29, 0.717) is 5.56 Å². The fourth-order valence-electron chi connectivity index (χ4n) is 3.62. The van der Waals surface area contributed by atoms with Crippen LogP contribution in [0.2, 0.25) is 0 Å². The number of benzene rings is 2. The topological polar surface area (TPSA) is 80.6 Å². The molecular weight excluding hydrogens is 382 g/mol. The Balaban J connectivity index is 2.05. The van der Waals surface area contributed by atoms with Gasteiger partial charge in [-0.05, 0) is 59.5 Å². The molecule has 0 saturated carbocycles. The number of carbonyl (C=O) groups excluding carboxylic acids is 1. The highest BCUT2D eigenvalue weighted by atomic mass is 79.9. The van der Waals surface area contributed by atoms with Crippen molar-refractivity contribution in [1.82, 2.24) is 4.57 Å². The minimum absolute atomic E-state index is 0.457. The van der Waals surface area contributed by atoms with Gasteiger partial charge in [-0.1, -0.05) is 23.4 Å². The molecule has 0 bridgehead atoms. The highest BCUT2D eigenvalue weighted by molar-refractivity contribution is 9.10. The lowest BCUT2D eigenvalue weighted by Crippen LogP contribution is -2.14. The fourth-order valence-corrected chi connectivity index (χ4v) is 4.17. The molecule has 1 aromatic heterocycles. The van der Waals surface area contributed by atoms with Gasteiger partial charge in [0.2, 0.25) is 5.91 Å². The van der Waals surface area contributed by atoms with Crippen LogP contribution in [0.4, 0.5) is 0 Å². The van der Waals surface area contributed by atoms with E-state index < -0.39 is 5.91 Å². The number of aromatic nitrogens is 1. The normalized spacial score (nSPS) is 15.5. The second-order valence-electron chi connectivity index (χ2n) is 6.10. The molecule has 0 atom stereocenters. The molecule has 1 aliphatic rings. The molecule has 1 aliphatic carbocycles. The minimum atomic E-state index is -0.457. The number of fused-ring (bicyclic) bond motifs is 3. The SMILES string of the molecule is NC(=O)c1ccc(-n2c3c(c4ccccc42)/C(=N\O)CCC3)c(Br)c1. The van der Waals surface area contributed by atoms with Gasteiger partial charge < -0.3 is 15.5 Å². The molecule has 0 unspecified atom stereocenters. The van der Waals surface area contributed by atoms with Crippen molar-refractivity contribution >= 4 is 38.5 Å². The molecule has 0 aliphatic heterocycles. The van der Waals surface area contributed by atoms with Gasteiger partial charge in [-0.3, -0.25) is 4.79 Å². The lowest BCUT2D eigenvalue weighted by Gasteiger charge is -2.18. The van der Waals surface area contributed by atoms with Gasteiger partial charge in [-0.15, -0.1) is 0 Å². The van der Waals surface area contributed by atoms with Crippen molar-refractivity contribution in [2.24, 2.45) is 10.9 Å². The molecule has 1 heterocycles. The fraction of sp³-hybridized carbons (Fsp3) is 0.158. The molecule has 5 nitrogen and oxygen atoms in total. The first-order valence-corrected chi connectivity index (χ1v) is 8.84. The van der Waals surface area contributed by atoms with Gasteiger partial charge in [0.1, 0.15) is 0 Å². The number of nitrogens with zero attached hydrogens (tertiary/aromatic N) is 2. The van der Waals surface area contributed by atoms with Gasteiger partial charge in [0.15, 0.2) is 0 Å². The Morgan fingerprint density at radius 1 is 1.20 bits per heavy atom. The molecule has 6 heteroatoms. The highest BCUT2D eigenvalue weighted by Gasteiger charge is 2.26. The van der Waals surface area contributed by atoms with Crippen LogP contribution >= 0.6 is 15.9 Å². The first-order chi connectivity index (χ1) is 12.1. The van der Waals surface area contributed by atoms with Crippen LogP contribution in [0.15, 0.2) is 52.1 Å². The van der Waals surface area contributed by atoms with Crippen LogP contribution in [0.3, 0.4) is 0 Å². The van der Waals surface area contributed by atoms with Crippen LogP contribution in [-0.2, 0) is 6.42 Å². The van der Waals surface area contributed by atoms with E-state index in [0.717, 1.165) is 57.3 Å². The van der Waals surface area contributed by atoms with Crippen LogP contribution in [0.1, 0.15) is 34.5 Å². The first kappa shape index (κ1) is 15.9. The van der Waals surface area contributed by atoms with E-state index in [4.69, 9.17) is 5.73 Å². The van der Waals surface area contributed by atoms with Gasteiger partial charge in [0.25, 0.3) is 0 Å². The molecule has 2 aromatic carbocycles. The zero-order valence-electron chi connectivity index (χ0n) is 13.4. The van der Waals surface area contributed by atoms with Crippen molar-refractivity contribution in [2.45, 2.75) is 19.3 Å². The largest absolute Gasteiger partial charge is 0.411 e. The third kappa shape index (κ3) is 2.44. The van der Waals surface area contributed by atoms with Gasteiger partial charge in [-0.25, -0.2) is 0 Å². The maximum Gasteiger partial charge on any atom is 0.248 e. The van der Waals surface area contributed by atoms with Crippen molar-refractivity contribution in [3.05, 3.63) is 63.8 Å². The van der Waals surface area contributed by atoms with Crippen molar-refractivity contribution < 1.29 is 10.0 Å². The second kappa shape index (κ2) is 6.04. The Morgan fingerprint density at radius 2 is 2.00 bits per heavy atom. The summed E-state index contributed by atoms with van der Waals surface area (Å²) in [4.78, 5) is 11.4. The lowest BCUT2D eigenvalue weighted by atomic mass is 9.93. The maximum absolute atomic E-state index is 11.4. The number of primary amides is 1. The standard InChI is InChI=1S/C19H16BrN3O2/c20-13-10-11(19(21)24)8-9-16(13)23-15-6-2-1-4-12(15)18-14(22-25)5-3-7-17(18)23/h1-2,4,6,8-10,25H,3,5,7H2,(H2,21,24)/b22-14-. The number of hydrogen-bond acceptors (Lipinski definition) is 3. The monoisotopic (exact) mass is 397 g/mol. The molecule has 3 aromatic rings. The summed E-state index contributed by atoms with van der Waals surface area (Å²) in [5.74, 6) is -0.457. The summed E-state index contributed by atoms with van der Waals surface area (Å²) in [5.41, 5.74) is 10.7. The Labute approximate surface area is 152 Å². The van der Waals surface area contributed by atoms with Crippen molar-refractivity contribution in [3.63, 3.8) is 0 Å². The molecule has 126 valence electrons. The quantitative estimate of drug-likeness (QED) is 0.505. The van der Waals surface area contributed by atoms with Crippen molar-refractivity contribution in [2.75, 3.05) is 0 Å². The zero-order valence-corrected chi connectivity index (χ0v) is 15.0.